The highest BCUT2D eigenvalue weighted by Gasteiger charge is 2.15. The number of hydrogen-bond donors (Lipinski definition) is 1. The van der Waals surface area contributed by atoms with Gasteiger partial charge >= 0.3 is 0 Å². The summed E-state index contributed by atoms with van der Waals surface area (Å²) in [7, 11) is 2.00. The number of aliphatic imine (C=N–C) groups is 1. The van der Waals surface area contributed by atoms with E-state index in [4.69, 9.17) is 21.7 Å². The highest BCUT2D eigenvalue weighted by atomic mass is 35.5. The summed E-state index contributed by atoms with van der Waals surface area (Å²) in [4.78, 5) is 7.23. The molecule has 3 aromatic rings. The fourth-order valence-electron chi connectivity index (χ4n) is 3.97. The van der Waals surface area contributed by atoms with Crippen molar-refractivity contribution in [2.75, 3.05) is 25.1 Å². The summed E-state index contributed by atoms with van der Waals surface area (Å²) in [5, 5.41) is 9.88. The molecule has 0 bridgehead atoms. The number of nitrogens with one attached hydrogen (secondary N) is 1. The monoisotopic (exact) mass is 424 g/mol. The summed E-state index contributed by atoms with van der Waals surface area (Å²) < 4.78 is 3.92. The average molecular weight is 425 g/mol. The molecule has 3 heterocycles. The minimum absolute atomic E-state index is 0.454. The van der Waals surface area contributed by atoms with E-state index in [1.165, 1.54) is 31.5 Å². The van der Waals surface area contributed by atoms with Crippen LogP contribution in [0.15, 0.2) is 47.7 Å². The summed E-state index contributed by atoms with van der Waals surface area (Å²) in [5.41, 5.74) is 4.44. The van der Waals surface area contributed by atoms with Crippen molar-refractivity contribution >= 4 is 34.0 Å². The quantitative estimate of drug-likeness (QED) is 0.455. The molecule has 0 radical (unpaired) electrons. The molecule has 4 rings (SSSR count). The first-order valence-corrected chi connectivity index (χ1v) is 10.9. The molecule has 7 heteroatoms. The van der Waals surface area contributed by atoms with Crippen LogP contribution in [-0.2, 0) is 13.6 Å². The molecule has 0 atom stereocenters. The van der Waals surface area contributed by atoms with Crippen molar-refractivity contribution in [3.05, 3.63) is 59.0 Å². The number of aromatic nitrogens is 3. The van der Waals surface area contributed by atoms with Crippen LogP contribution < -0.4 is 5.32 Å². The molecular formula is C23H29ClN6. The van der Waals surface area contributed by atoms with E-state index in [2.05, 4.69) is 41.5 Å². The smallest absolute Gasteiger partial charge is 0.150 e. The van der Waals surface area contributed by atoms with Gasteiger partial charge in [-0.25, -0.2) is 9.67 Å². The summed E-state index contributed by atoms with van der Waals surface area (Å²) >= 11 is 6.33. The number of allylic oxidation sites excluding steroid dienone is 2. The Morgan fingerprint density at radius 2 is 2.07 bits per heavy atom. The van der Waals surface area contributed by atoms with Gasteiger partial charge in [0.05, 0.1) is 10.7 Å². The zero-order chi connectivity index (χ0) is 21.1. The van der Waals surface area contributed by atoms with E-state index in [9.17, 15) is 0 Å². The Bertz CT molecular complexity index is 1080. The fraction of sp³-hybridized carbons (Fsp3) is 0.391. The Labute approximate surface area is 182 Å². The number of halogens is 1. The summed E-state index contributed by atoms with van der Waals surface area (Å²) in [6, 6.07) is 6.19. The van der Waals surface area contributed by atoms with E-state index >= 15 is 0 Å². The number of aryl methyl sites for hydroxylation is 2. The molecule has 0 spiro atoms. The number of anilines is 1. The van der Waals surface area contributed by atoms with Gasteiger partial charge in [0.1, 0.15) is 12.5 Å². The molecule has 0 unspecified atom stereocenters. The van der Waals surface area contributed by atoms with Gasteiger partial charge in [-0.15, -0.1) is 0 Å². The van der Waals surface area contributed by atoms with Crippen LogP contribution in [0.1, 0.15) is 31.0 Å². The Hall–Kier alpha value is -2.57. The Morgan fingerprint density at radius 1 is 1.27 bits per heavy atom. The first-order valence-electron chi connectivity index (χ1n) is 10.5. The molecule has 2 aromatic heterocycles. The number of benzene rings is 1. The molecule has 0 amide bonds. The second-order valence-corrected chi connectivity index (χ2v) is 8.25. The maximum Gasteiger partial charge on any atom is 0.150 e. The lowest BCUT2D eigenvalue weighted by molar-refractivity contribution is 0.331. The topological polar surface area (TPSA) is 50.4 Å². The van der Waals surface area contributed by atoms with Crippen LogP contribution in [-0.4, -0.2) is 44.8 Å². The largest absolute Gasteiger partial charge is 0.366 e. The standard InChI is InChI=1S/C23H29ClN6/c1-4-7-23(30-14-18(17(2)27-30)13-29-10-5-6-11-29)26-16-25-19-8-9-22-20(12-19)21(24)15-28(22)3/h4,7-9,12,14-15,25H,5-6,10-11,13,16H2,1-3H3/b7-4-,26-23?. The Kier molecular flexibility index (Phi) is 6.25. The van der Waals surface area contributed by atoms with Crippen molar-refractivity contribution < 1.29 is 0 Å². The summed E-state index contributed by atoms with van der Waals surface area (Å²) in [6.45, 7) is 7.85. The number of likely N-dealkylation sites (tertiary alicyclic amines) is 1. The molecule has 1 aliphatic rings. The van der Waals surface area contributed by atoms with Gasteiger partial charge in [-0.2, -0.15) is 5.10 Å². The zero-order valence-corrected chi connectivity index (χ0v) is 18.7. The van der Waals surface area contributed by atoms with Crippen molar-refractivity contribution in [1.82, 2.24) is 19.2 Å². The van der Waals surface area contributed by atoms with Crippen LogP contribution in [0.25, 0.3) is 10.9 Å². The lowest BCUT2D eigenvalue weighted by Gasteiger charge is -2.13. The van der Waals surface area contributed by atoms with Crippen molar-refractivity contribution in [3.8, 4) is 0 Å². The van der Waals surface area contributed by atoms with E-state index in [-0.39, 0.29) is 0 Å². The first-order chi connectivity index (χ1) is 14.5. The maximum absolute atomic E-state index is 6.33. The van der Waals surface area contributed by atoms with Crippen LogP contribution in [0.3, 0.4) is 0 Å². The highest BCUT2D eigenvalue weighted by molar-refractivity contribution is 6.35. The predicted octanol–water partition coefficient (Wildman–Crippen LogP) is 4.82. The SMILES string of the molecule is C/C=C\C(=NCNc1ccc2c(c1)c(Cl)cn2C)n1cc(CN2CCCC2)c(C)n1. The molecule has 1 aliphatic heterocycles. The first kappa shape index (κ1) is 20.7. The minimum Gasteiger partial charge on any atom is -0.366 e. The van der Waals surface area contributed by atoms with E-state index in [0.29, 0.717) is 6.67 Å². The van der Waals surface area contributed by atoms with Gasteiger partial charge in [-0.3, -0.25) is 4.90 Å². The summed E-state index contributed by atoms with van der Waals surface area (Å²) in [5.74, 6) is 0.819. The average Bonchev–Trinajstić information content (AvgIpc) is 3.43. The third-order valence-corrected chi connectivity index (χ3v) is 5.91. The lowest BCUT2D eigenvalue weighted by atomic mass is 10.2. The molecule has 1 fully saturated rings. The van der Waals surface area contributed by atoms with Crippen LogP contribution in [0.2, 0.25) is 5.02 Å². The lowest BCUT2D eigenvalue weighted by Crippen LogP contribution is -2.18. The number of fused-ring (bicyclic) bond motifs is 1. The maximum atomic E-state index is 6.33. The molecule has 1 saturated heterocycles. The van der Waals surface area contributed by atoms with Crippen LogP contribution in [0.4, 0.5) is 5.69 Å². The fourth-order valence-corrected chi connectivity index (χ4v) is 4.26. The van der Waals surface area contributed by atoms with Gasteiger partial charge in [0.2, 0.25) is 0 Å². The van der Waals surface area contributed by atoms with Crippen LogP contribution in [0, 0.1) is 6.92 Å². The van der Waals surface area contributed by atoms with Gasteiger partial charge in [0.25, 0.3) is 0 Å². The van der Waals surface area contributed by atoms with Gasteiger partial charge in [-0.1, -0.05) is 17.7 Å². The molecule has 0 aliphatic carbocycles. The molecule has 1 N–H and O–H groups in total. The molecule has 0 saturated carbocycles. The van der Waals surface area contributed by atoms with Crippen LogP contribution >= 0.6 is 11.6 Å². The number of nitrogens with zero attached hydrogens (tertiary/aromatic N) is 5. The highest BCUT2D eigenvalue weighted by Crippen LogP contribution is 2.27. The third-order valence-electron chi connectivity index (χ3n) is 5.61. The van der Waals surface area contributed by atoms with Gasteiger partial charge < -0.3 is 9.88 Å². The van der Waals surface area contributed by atoms with Gasteiger partial charge in [0.15, 0.2) is 0 Å². The van der Waals surface area contributed by atoms with E-state index in [0.717, 1.165) is 39.7 Å². The van der Waals surface area contributed by atoms with E-state index in [1.807, 2.05) is 41.6 Å². The second kappa shape index (κ2) is 9.06. The van der Waals surface area contributed by atoms with E-state index < -0.39 is 0 Å². The molecule has 30 heavy (non-hydrogen) atoms. The van der Waals surface area contributed by atoms with Crippen LogP contribution in [0.5, 0.6) is 0 Å². The molecule has 158 valence electrons. The van der Waals surface area contributed by atoms with Crippen molar-refractivity contribution in [1.29, 1.82) is 0 Å². The molecular weight excluding hydrogens is 396 g/mol. The zero-order valence-electron chi connectivity index (χ0n) is 17.9. The summed E-state index contributed by atoms with van der Waals surface area (Å²) in [6.07, 6.45) is 10.6. The predicted molar refractivity (Wildman–Crippen MR) is 126 cm³/mol. The van der Waals surface area contributed by atoms with Crippen molar-refractivity contribution in [3.63, 3.8) is 0 Å². The normalized spacial score (nSPS) is 15.7. The van der Waals surface area contributed by atoms with Crippen molar-refractivity contribution in [2.24, 2.45) is 12.0 Å². The second-order valence-electron chi connectivity index (χ2n) is 7.84. The van der Waals surface area contributed by atoms with Gasteiger partial charge in [0, 0.05) is 48.1 Å². The van der Waals surface area contributed by atoms with Gasteiger partial charge in [-0.05, 0) is 64.1 Å². The number of rotatable bonds is 6. The molecule has 1 aromatic carbocycles. The Morgan fingerprint density at radius 3 is 2.83 bits per heavy atom. The van der Waals surface area contributed by atoms with Crippen molar-refractivity contribution in [2.45, 2.75) is 33.2 Å². The molecule has 6 nitrogen and oxygen atoms in total. The number of hydrogen-bond acceptors (Lipinski definition) is 4. The minimum atomic E-state index is 0.454. The Balaban J connectivity index is 1.48. The van der Waals surface area contributed by atoms with E-state index in [1.54, 1.807) is 0 Å². The third kappa shape index (κ3) is 4.45.